The number of aromatic nitrogens is 1. The Balaban J connectivity index is 1.89. The number of rotatable bonds is 4. The van der Waals surface area contributed by atoms with Crippen molar-refractivity contribution in [2.45, 2.75) is 12.3 Å². The standard InChI is InChI=1S/C16H15NO4/c18-16(19)13(10-12-3-1-2-6-17-12)11-4-5-14-15(9-11)21-8-7-20-14/h1-6,9,13H,7-8,10H2,(H,18,19). The zero-order valence-electron chi connectivity index (χ0n) is 11.4. The molecule has 0 bridgehead atoms. The van der Waals surface area contributed by atoms with Gasteiger partial charge in [0.25, 0.3) is 0 Å². The number of carboxylic acid groups (broad SMARTS) is 1. The molecular formula is C16H15NO4. The van der Waals surface area contributed by atoms with Gasteiger partial charge in [0, 0.05) is 18.3 Å². The summed E-state index contributed by atoms with van der Waals surface area (Å²) in [6.07, 6.45) is 2.01. The summed E-state index contributed by atoms with van der Waals surface area (Å²) in [4.78, 5) is 15.8. The van der Waals surface area contributed by atoms with Crippen LogP contribution < -0.4 is 9.47 Å². The van der Waals surface area contributed by atoms with E-state index in [1.807, 2.05) is 18.2 Å². The van der Waals surface area contributed by atoms with E-state index in [4.69, 9.17) is 9.47 Å². The molecule has 2 aromatic rings. The summed E-state index contributed by atoms with van der Waals surface area (Å²) in [7, 11) is 0. The minimum absolute atomic E-state index is 0.343. The van der Waals surface area contributed by atoms with Crippen molar-refractivity contribution in [1.29, 1.82) is 0 Å². The fourth-order valence-corrected chi connectivity index (χ4v) is 2.35. The van der Waals surface area contributed by atoms with Crippen LogP contribution in [0.1, 0.15) is 17.2 Å². The average molecular weight is 285 g/mol. The van der Waals surface area contributed by atoms with Crippen LogP contribution in [0.15, 0.2) is 42.6 Å². The molecule has 5 heteroatoms. The van der Waals surface area contributed by atoms with Gasteiger partial charge in [-0.25, -0.2) is 0 Å². The summed E-state index contributed by atoms with van der Waals surface area (Å²) in [5, 5.41) is 9.49. The molecule has 2 heterocycles. The highest BCUT2D eigenvalue weighted by Gasteiger charge is 2.23. The van der Waals surface area contributed by atoms with Gasteiger partial charge in [-0.1, -0.05) is 12.1 Å². The van der Waals surface area contributed by atoms with Gasteiger partial charge >= 0.3 is 5.97 Å². The number of pyridine rings is 1. The van der Waals surface area contributed by atoms with Gasteiger partial charge in [-0.15, -0.1) is 0 Å². The van der Waals surface area contributed by atoms with Crippen LogP contribution >= 0.6 is 0 Å². The lowest BCUT2D eigenvalue weighted by molar-refractivity contribution is -0.138. The Morgan fingerprint density at radius 3 is 2.71 bits per heavy atom. The van der Waals surface area contributed by atoms with E-state index in [0.717, 1.165) is 5.69 Å². The number of aliphatic carboxylic acids is 1. The van der Waals surface area contributed by atoms with Gasteiger partial charge in [0.1, 0.15) is 13.2 Å². The molecule has 1 aliphatic rings. The van der Waals surface area contributed by atoms with Gasteiger partial charge < -0.3 is 14.6 Å². The molecule has 1 aliphatic heterocycles. The first-order valence-electron chi connectivity index (χ1n) is 6.76. The van der Waals surface area contributed by atoms with Crippen molar-refractivity contribution in [3.05, 3.63) is 53.9 Å². The summed E-state index contributed by atoms with van der Waals surface area (Å²) >= 11 is 0. The van der Waals surface area contributed by atoms with Crippen molar-refractivity contribution in [3.63, 3.8) is 0 Å². The normalized spacial score (nSPS) is 14.5. The first-order chi connectivity index (χ1) is 10.2. The van der Waals surface area contributed by atoms with Crippen molar-refractivity contribution in [2.75, 3.05) is 13.2 Å². The van der Waals surface area contributed by atoms with Crippen LogP contribution in [0, 0.1) is 0 Å². The first-order valence-corrected chi connectivity index (χ1v) is 6.76. The molecule has 0 saturated carbocycles. The molecule has 3 rings (SSSR count). The fourth-order valence-electron chi connectivity index (χ4n) is 2.35. The number of hydrogen-bond donors (Lipinski definition) is 1. The molecule has 1 aromatic heterocycles. The molecule has 0 amide bonds. The van der Waals surface area contributed by atoms with Crippen molar-refractivity contribution in [3.8, 4) is 11.5 Å². The van der Waals surface area contributed by atoms with E-state index in [-0.39, 0.29) is 0 Å². The zero-order valence-corrected chi connectivity index (χ0v) is 11.4. The molecule has 108 valence electrons. The van der Waals surface area contributed by atoms with E-state index >= 15 is 0 Å². The highest BCUT2D eigenvalue weighted by Crippen LogP contribution is 2.34. The lowest BCUT2D eigenvalue weighted by Crippen LogP contribution is -2.18. The fraction of sp³-hybridized carbons (Fsp3) is 0.250. The number of nitrogens with zero attached hydrogens (tertiary/aromatic N) is 1. The maximum atomic E-state index is 11.6. The summed E-state index contributed by atoms with van der Waals surface area (Å²) in [5.41, 5.74) is 1.44. The van der Waals surface area contributed by atoms with Crippen LogP contribution in [0.25, 0.3) is 0 Å². The molecule has 1 unspecified atom stereocenters. The Morgan fingerprint density at radius 1 is 1.19 bits per heavy atom. The van der Waals surface area contributed by atoms with Gasteiger partial charge in [0.2, 0.25) is 0 Å². The Hall–Kier alpha value is -2.56. The quantitative estimate of drug-likeness (QED) is 0.933. The number of ether oxygens (including phenoxy) is 2. The highest BCUT2D eigenvalue weighted by molar-refractivity contribution is 5.77. The minimum atomic E-state index is -0.877. The van der Waals surface area contributed by atoms with Gasteiger partial charge in [-0.3, -0.25) is 9.78 Å². The second kappa shape index (κ2) is 5.83. The molecule has 5 nitrogen and oxygen atoms in total. The molecule has 0 saturated heterocycles. The lowest BCUT2D eigenvalue weighted by Gasteiger charge is -2.20. The molecule has 1 N–H and O–H groups in total. The van der Waals surface area contributed by atoms with Crippen molar-refractivity contribution < 1.29 is 19.4 Å². The molecule has 21 heavy (non-hydrogen) atoms. The Bertz CT molecular complexity index is 642. The Kier molecular flexibility index (Phi) is 3.73. The molecule has 0 radical (unpaired) electrons. The van der Waals surface area contributed by atoms with Gasteiger partial charge in [-0.05, 0) is 29.8 Å². The van der Waals surface area contributed by atoms with E-state index in [1.54, 1.807) is 24.4 Å². The molecule has 0 aliphatic carbocycles. The smallest absolute Gasteiger partial charge is 0.311 e. The highest BCUT2D eigenvalue weighted by atomic mass is 16.6. The first kappa shape index (κ1) is 13.4. The maximum Gasteiger partial charge on any atom is 0.311 e. The second-order valence-corrected chi connectivity index (χ2v) is 4.82. The van der Waals surface area contributed by atoms with E-state index in [9.17, 15) is 9.90 Å². The number of carbonyl (C=O) groups is 1. The molecule has 0 fully saturated rings. The topological polar surface area (TPSA) is 68.7 Å². The Labute approximate surface area is 122 Å². The van der Waals surface area contributed by atoms with Crippen LogP contribution in [0.4, 0.5) is 0 Å². The van der Waals surface area contributed by atoms with Crippen molar-refractivity contribution >= 4 is 5.97 Å². The van der Waals surface area contributed by atoms with Gasteiger partial charge in [-0.2, -0.15) is 0 Å². The predicted molar refractivity (Wildman–Crippen MR) is 75.7 cm³/mol. The van der Waals surface area contributed by atoms with Crippen LogP contribution in [0.2, 0.25) is 0 Å². The maximum absolute atomic E-state index is 11.6. The van der Waals surface area contributed by atoms with Gasteiger partial charge in [0.05, 0.1) is 5.92 Å². The monoisotopic (exact) mass is 285 g/mol. The third-order valence-electron chi connectivity index (χ3n) is 3.41. The molecule has 0 spiro atoms. The summed E-state index contributed by atoms with van der Waals surface area (Å²) in [6, 6.07) is 10.8. The van der Waals surface area contributed by atoms with Crippen LogP contribution in [0.3, 0.4) is 0 Å². The average Bonchev–Trinajstić information content (AvgIpc) is 2.53. The predicted octanol–water partition coefficient (Wildman–Crippen LogP) is 2.26. The van der Waals surface area contributed by atoms with Gasteiger partial charge in [0.15, 0.2) is 11.5 Å². The van der Waals surface area contributed by atoms with Crippen molar-refractivity contribution in [2.24, 2.45) is 0 Å². The van der Waals surface area contributed by atoms with Crippen LogP contribution in [-0.4, -0.2) is 29.3 Å². The number of hydrogen-bond acceptors (Lipinski definition) is 4. The second-order valence-electron chi connectivity index (χ2n) is 4.82. The Morgan fingerprint density at radius 2 is 2.00 bits per heavy atom. The number of fused-ring (bicyclic) bond motifs is 1. The molecule has 1 atom stereocenters. The van der Waals surface area contributed by atoms with E-state index in [0.29, 0.717) is 36.7 Å². The van der Waals surface area contributed by atoms with Crippen molar-refractivity contribution in [1.82, 2.24) is 4.98 Å². The van der Waals surface area contributed by atoms with Crippen LogP contribution in [-0.2, 0) is 11.2 Å². The molecule has 1 aromatic carbocycles. The number of benzene rings is 1. The minimum Gasteiger partial charge on any atom is -0.486 e. The lowest BCUT2D eigenvalue weighted by atomic mass is 9.93. The largest absolute Gasteiger partial charge is 0.486 e. The summed E-state index contributed by atoms with van der Waals surface area (Å²) in [5.74, 6) is -0.272. The number of carboxylic acids is 1. The third-order valence-corrected chi connectivity index (χ3v) is 3.41. The van der Waals surface area contributed by atoms with E-state index in [2.05, 4.69) is 4.98 Å². The summed E-state index contributed by atoms with van der Waals surface area (Å²) in [6.45, 7) is 0.997. The third kappa shape index (κ3) is 2.97. The summed E-state index contributed by atoms with van der Waals surface area (Å²) < 4.78 is 11.0. The molecular weight excluding hydrogens is 270 g/mol. The zero-order chi connectivity index (χ0) is 14.7. The van der Waals surface area contributed by atoms with Crippen LogP contribution in [0.5, 0.6) is 11.5 Å². The van der Waals surface area contributed by atoms with E-state index < -0.39 is 11.9 Å². The van der Waals surface area contributed by atoms with E-state index in [1.165, 1.54) is 0 Å². The SMILES string of the molecule is O=C(O)C(Cc1ccccn1)c1ccc2c(c1)OCCO2.